The molecule has 1 aliphatic heterocycles. The van der Waals surface area contributed by atoms with Gasteiger partial charge in [-0.3, -0.25) is 0 Å². The molecule has 1 unspecified atom stereocenters. The first-order valence-corrected chi connectivity index (χ1v) is 5.43. The summed E-state index contributed by atoms with van der Waals surface area (Å²) < 4.78 is 0. The maximum absolute atomic E-state index is 11.7. The van der Waals surface area contributed by atoms with Gasteiger partial charge in [-0.1, -0.05) is 6.92 Å². The summed E-state index contributed by atoms with van der Waals surface area (Å²) >= 11 is 0. The molecule has 92 valence electrons. The van der Waals surface area contributed by atoms with Crippen molar-refractivity contribution in [2.24, 2.45) is 0 Å². The number of carboxylic acids is 1. The monoisotopic (exact) mass is 230 g/mol. The number of aliphatic hydroxyl groups is 1. The summed E-state index contributed by atoms with van der Waals surface area (Å²) in [6, 6.07) is -1.34. The Hall–Kier alpha value is -1.30. The minimum absolute atomic E-state index is 0.000289. The SMILES string of the molecule is CCC(C)NC(=O)N1C[C@H](O)C[C@@H]1C(=O)O. The topological polar surface area (TPSA) is 89.9 Å². The zero-order valence-electron chi connectivity index (χ0n) is 9.51. The Morgan fingerprint density at radius 3 is 2.69 bits per heavy atom. The third-order valence-electron chi connectivity index (χ3n) is 2.81. The zero-order valence-corrected chi connectivity index (χ0v) is 9.51. The molecule has 6 heteroatoms. The van der Waals surface area contributed by atoms with Gasteiger partial charge in [0.1, 0.15) is 6.04 Å². The van der Waals surface area contributed by atoms with Crippen LogP contribution in [0, 0.1) is 0 Å². The van der Waals surface area contributed by atoms with E-state index in [1.54, 1.807) is 0 Å². The average Bonchev–Trinajstić information content (AvgIpc) is 2.60. The summed E-state index contributed by atoms with van der Waals surface area (Å²) in [6.45, 7) is 3.86. The fourth-order valence-corrected chi connectivity index (χ4v) is 1.67. The largest absolute Gasteiger partial charge is 0.480 e. The van der Waals surface area contributed by atoms with E-state index in [-0.39, 0.29) is 19.0 Å². The number of carbonyl (C=O) groups excluding carboxylic acids is 1. The van der Waals surface area contributed by atoms with Crippen LogP contribution >= 0.6 is 0 Å². The van der Waals surface area contributed by atoms with Gasteiger partial charge >= 0.3 is 12.0 Å². The van der Waals surface area contributed by atoms with E-state index in [0.717, 1.165) is 6.42 Å². The fourth-order valence-electron chi connectivity index (χ4n) is 1.67. The van der Waals surface area contributed by atoms with Crippen LogP contribution in [0.3, 0.4) is 0 Å². The molecule has 16 heavy (non-hydrogen) atoms. The van der Waals surface area contributed by atoms with Gasteiger partial charge in [0, 0.05) is 19.0 Å². The van der Waals surface area contributed by atoms with E-state index in [0.29, 0.717) is 0 Å². The molecular weight excluding hydrogens is 212 g/mol. The van der Waals surface area contributed by atoms with Crippen molar-refractivity contribution in [3.8, 4) is 0 Å². The lowest BCUT2D eigenvalue weighted by atomic mass is 10.2. The van der Waals surface area contributed by atoms with Gasteiger partial charge in [0.15, 0.2) is 0 Å². The first kappa shape index (κ1) is 12.8. The van der Waals surface area contributed by atoms with Crippen molar-refractivity contribution in [3.05, 3.63) is 0 Å². The van der Waals surface area contributed by atoms with Crippen molar-refractivity contribution in [2.45, 2.75) is 44.9 Å². The van der Waals surface area contributed by atoms with E-state index in [2.05, 4.69) is 5.32 Å². The Morgan fingerprint density at radius 2 is 2.19 bits per heavy atom. The molecule has 1 heterocycles. The van der Waals surface area contributed by atoms with E-state index in [4.69, 9.17) is 5.11 Å². The van der Waals surface area contributed by atoms with Crippen molar-refractivity contribution >= 4 is 12.0 Å². The van der Waals surface area contributed by atoms with Crippen molar-refractivity contribution in [1.82, 2.24) is 10.2 Å². The Kier molecular flexibility index (Phi) is 4.12. The third-order valence-corrected chi connectivity index (χ3v) is 2.81. The van der Waals surface area contributed by atoms with Crippen LogP contribution < -0.4 is 5.32 Å². The summed E-state index contributed by atoms with van der Waals surface area (Å²) in [5, 5.41) is 21.0. The minimum Gasteiger partial charge on any atom is -0.480 e. The number of hydrogen-bond acceptors (Lipinski definition) is 3. The molecule has 0 radical (unpaired) electrons. The van der Waals surface area contributed by atoms with Crippen LogP contribution in [0.25, 0.3) is 0 Å². The molecule has 3 N–H and O–H groups in total. The van der Waals surface area contributed by atoms with E-state index >= 15 is 0 Å². The van der Waals surface area contributed by atoms with Gasteiger partial charge in [-0.25, -0.2) is 9.59 Å². The second-order valence-electron chi connectivity index (χ2n) is 4.15. The van der Waals surface area contributed by atoms with Crippen LogP contribution in [0.4, 0.5) is 4.79 Å². The minimum atomic E-state index is -1.07. The summed E-state index contributed by atoms with van der Waals surface area (Å²) in [6.07, 6.45) is 0.132. The predicted octanol–water partition coefficient (Wildman–Crippen LogP) is 0.0143. The Labute approximate surface area is 94.2 Å². The molecule has 0 saturated carbocycles. The molecule has 2 amide bonds. The Morgan fingerprint density at radius 1 is 1.56 bits per heavy atom. The second-order valence-corrected chi connectivity index (χ2v) is 4.15. The number of rotatable bonds is 3. The van der Waals surface area contributed by atoms with Gasteiger partial charge in [-0.15, -0.1) is 0 Å². The van der Waals surface area contributed by atoms with Gasteiger partial charge in [0.05, 0.1) is 6.10 Å². The highest BCUT2D eigenvalue weighted by Gasteiger charge is 2.39. The molecule has 0 aromatic heterocycles. The van der Waals surface area contributed by atoms with E-state index in [1.165, 1.54) is 4.90 Å². The smallest absolute Gasteiger partial charge is 0.326 e. The normalized spacial score (nSPS) is 26.6. The molecule has 1 aliphatic rings. The van der Waals surface area contributed by atoms with Crippen molar-refractivity contribution < 1.29 is 19.8 Å². The number of urea groups is 1. The lowest BCUT2D eigenvalue weighted by molar-refractivity contribution is -0.141. The summed E-state index contributed by atoms with van der Waals surface area (Å²) in [5.74, 6) is -1.07. The lowest BCUT2D eigenvalue weighted by Gasteiger charge is -2.23. The summed E-state index contributed by atoms with van der Waals surface area (Å²) in [7, 11) is 0. The molecule has 1 fully saturated rings. The zero-order chi connectivity index (χ0) is 12.3. The highest BCUT2D eigenvalue weighted by Crippen LogP contribution is 2.18. The lowest BCUT2D eigenvalue weighted by Crippen LogP contribution is -2.48. The predicted molar refractivity (Wildman–Crippen MR) is 57.0 cm³/mol. The number of nitrogens with zero attached hydrogens (tertiary/aromatic N) is 1. The van der Waals surface area contributed by atoms with Gasteiger partial charge in [0.2, 0.25) is 0 Å². The van der Waals surface area contributed by atoms with Crippen LogP contribution in [0.15, 0.2) is 0 Å². The highest BCUT2D eigenvalue weighted by molar-refractivity contribution is 5.83. The molecule has 1 rings (SSSR count). The van der Waals surface area contributed by atoms with Crippen LogP contribution in [0.1, 0.15) is 26.7 Å². The highest BCUT2D eigenvalue weighted by atomic mass is 16.4. The van der Waals surface area contributed by atoms with Crippen LogP contribution in [0.2, 0.25) is 0 Å². The fraction of sp³-hybridized carbons (Fsp3) is 0.800. The number of aliphatic carboxylic acids is 1. The van der Waals surface area contributed by atoms with E-state index in [1.807, 2.05) is 13.8 Å². The molecule has 0 aliphatic carbocycles. The van der Waals surface area contributed by atoms with E-state index in [9.17, 15) is 14.7 Å². The first-order chi connectivity index (χ1) is 7.45. The standard InChI is InChI=1S/C10H18N2O4/c1-3-6(2)11-10(16)12-5-7(13)4-8(12)9(14)15/h6-8,13H,3-5H2,1-2H3,(H,11,16)(H,14,15)/t6?,7-,8-/m1/s1. The van der Waals surface area contributed by atoms with Crippen molar-refractivity contribution in [3.63, 3.8) is 0 Å². The summed E-state index contributed by atoms with van der Waals surface area (Å²) in [4.78, 5) is 23.8. The molecule has 0 spiro atoms. The van der Waals surface area contributed by atoms with Gasteiger partial charge in [-0.05, 0) is 13.3 Å². The quantitative estimate of drug-likeness (QED) is 0.637. The third kappa shape index (κ3) is 2.85. The number of amides is 2. The number of aliphatic hydroxyl groups excluding tert-OH is 1. The molecule has 6 nitrogen and oxygen atoms in total. The second kappa shape index (κ2) is 5.16. The van der Waals surface area contributed by atoms with Crippen LogP contribution in [-0.2, 0) is 4.79 Å². The Balaban J connectivity index is 2.63. The molecular formula is C10H18N2O4. The number of likely N-dealkylation sites (tertiary alicyclic amines) is 1. The van der Waals surface area contributed by atoms with Crippen LogP contribution in [-0.4, -0.2) is 51.8 Å². The molecule has 0 aromatic rings. The number of hydrogen-bond donors (Lipinski definition) is 3. The van der Waals surface area contributed by atoms with Gasteiger partial charge < -0.3 is 20.4 Å². The van der Waals surface area contributed by atoms with Crippen LogP contribution in [0.5, 0.6) is 0 Å². The molecule has 0 bridgehead atoms. The number of nitrogens with one attached hydrogen (secondary N) is 1. The summed E-state index contributed by atoms with van der Waals surface area (Å²) in [5.41, 5.74) is 0. The number of carboxylic acid groups (broad SMARTS) is 1. The van der Waals surface area contributed by atoms with Crippen molar-refractivity contribution in [2.75, 3.05) is 6.54 Å². The number of β-amino-alcohol motifs (C(OH)–C–C–N with tert-alkyl or cyclic N) is 1. The molecule has 0 aromatic carbocycles. The van der Waals surface area contributed by atoms with Crippen molar-refractivity contribution in [1.29, 1.82) is 0 Å². The maximum Gasteiger partial charge on any atom is 0.326 e. The molecule has 3 atom stereocenters. The first-order valence-electron chi connectivity index (χ1n) is 5.43. The average molecular weight is 230 g/mol. The molecule has 1 saturated heterocycles. The van der Waals surface area contributed by atoms with Gasteiger partial charge in [-0.2, -0.15) is 0 Å². The van der Waals surface area contributed by atoms with Gasteiger partial charge in [0.25, 0.3) is 0 Å². The van der Waals surface area contributed by atoms with E-state index < -0.39 is 24.1 Å². The number of carbonyl (C=O) groups is 2. The maximum atomic E-state index is 11.7. The Bertz CT molecular complexity index is 282.